The van der Waals surface area contributed by atoms with E-state index in [1.807, 2.05) is 0 Å². The third-order valence-electron chi connectivity index (χ3n) is 1.65. The molecule has 0 radical (unpaired) electrons. The first kappa shape index (κ1) is 12.2. The maximum absolute atomic E-state index is 11.4. The fourth-order valence-corrected chi connectivity index (χ4v) is 1.98. The summed E-state index contributed by atoms with van der Waals surface area (Å²) in [4.78, 5) is 15.5. The molecule has 1 N–H and O–H groups in total. The van der Waals surface area contributed by atoms with Crippen molar-refractivity contribution in [1.29, 1.82) is 0 Å². The molecule has 0 saturated carbocycles. The summed E-state index contributed by atoms with van der Waals surface area (Å²) in [5, 5.41) is 3.54. The zero-order valence-corrected chi connectivity index (χ0v) is 9.77. The minimum Gasteiger partial charge on any atom is -0.468 e. The normalized spacial score (nSPS) is 12.1. The summed E-state index contributed by atoms with van der Waals surface area (Å²) >= 11 is 6.99. The molecule has 0 saturated heterocycles. The van der Waals surface area contributed by atoms with E-state index in [1.54, 1.807) is 6.08 Å². The quantitative estimate of drug-likeness (QED) is 0.636. The van der Waals surface area contributed by atoms with Crippen LogP contribution >= 0.6 is 22.9 Å². The number of carbonyl (C=O) groups excluding carboxylic acids is 1. The van der Waals surface area contributed by atoms with Gasteiger partial charge in [-0.05, 0) is 0 Å². The number of thiazole rings is 1. The van der Waals surface area contributed by atoms with Gasteiger partial charge in [0.05, 0.1) is 13.3 Å². The van der Waals surface area contributed by atoms with Gasteiger partial charge in [-0.15, -0.1) is 17.9 Å². The standard InChI is InChI=1S/C9H11ClN2O2S/c1-3-4-11-7(9(13)14-2)8-12-5-6(10)15-8/h3,5,7,11H,1,4H2,2H3. The second-order valence-electron chi connectivity index (χ2n) is 2.66. The molecule has 0 amide bonds. The highest BCUT2D eigenvalue weighted by Gasteiger charge is 2.23. The van der Waals surface area contributed by atoms with Crippen LogP contribution in [0.3, 0.4) is 0 Å². The Bertz CT molecular complexity index is 354. The zero-order valence-electron chi connectivity index (χ0n) is 8.20. The summed E-state index contributed by atoms with van der Waals surface area (Å²) in [5.41, 5.74) is 0. The van der Waals surface area contributed by atoms with Crippen molar-refractivity contribution in [2.24, 2.45) is 0 Å². The van der Waals surface area contributed by atoms with Gasteiger partial charge in [0, 0.05) is 6.54 Å². The molecule has 0 aliphatic carbocycles. The van der Waals surface area contributed by atoms with Gasteiger partial charge in [-0.3, -0.25) is 5.32 Å². The molecule has 82 valence electrons. The summed E-state index contributed by atoms with van der Waals surface area (Å²) in [5.74, 6) is -0.386. The third-order valence-corrected chi connectivity index (χ3v) is 2.83. The van der Waals surface area contributed by atoms with Crippen LogP contribution in [-0.2, 0) is 9.53 Å². The lowest BCUT2D eigenvalue weighted by molar-refractivity contribution is -0.143. The van der Waals surface area contributed by atoms with E-state index in [4.69, 9.17) is 11.6 Å². The number of aromatic nitrogens is 1. The Morgan fingerprint density at radius 3 is 3.13 bits per heavy atom. The number of nitrogens with one attached hydrogen (secondary N) is 1. The maximum atomic E-state index is 11.4. The molecule has 1 rings (SSSR count). The van der Waals surface area contributed by atoms with Gasteiger partial charge in [-0.2, -0.15) is 0 Å². The summed E-state index contributed by atoms with van der Waals surface area (Å²) in [7, 11) is 1.33. The number of ether oxygens (including phenoxy) is 1. The number of hydrogen-bond donors (Lipinski definition) is 1. The van der Waals surface area contributed by atoms with E-state index >= 15 is 0 Å². The lowest BCUT2D eigenvalue weighted by Crippen LogP contribution is -2.29. The number of rotatable bonds is 5. The lowest BCUT2D eigenvalue weighted by Gasteiger charge is -2.12. The van der Waals surface area contributed by atoms with Gasteiger partial charge in [0.25, 0.3) is 0 Å². The van der Waals surface area contributed by atoms with Crippen LogP contribution in [0.2, 0.25) is 4.34 Å². The molecule has 15 heavy (non-hydrogen) atoms. The van der Waals surface area contributed by atoms with E-state index < -0.39 is 6.04 Å². The molecule has 1 atom stereocenters. The first-order chi connectivity index (χ1) is 7.19. The fraction of sp³-hybridized carbons (Fsp3) is 0.333. The number of nitrogens with zero attached hydrogens (tertiary/aromatic N) is 1. The molecule has 0 spiro atoms. The fourth-order valence-electron chi connectivity index (χ4n) is 0.991. The van der Waals surface area contributed by atoms with E-state index in [1.165, 1.54) is 24.6 Å². The van der Waals surface area contributed by atoms with Crippen LogP contribution in [0.4, 0.5) is 0 Å². The van der Waals surface area contributed by atoms with Crippen molar-refractivity contribution in [3.63, 3.8) is 0 Å². The Hall–Kier alpha value is -0.910. The largest absolute Gasteiger partial charge is 0.468 e. The zero-order chi connectivity index (χ0) is 11.3. The summed E-state index contributed by atoms with van der Waals surface area (Å²) in [6.45, 7) is 4.06. The molecule has 0 fully saturated rings. The van der Waals surface area contributed by atoms with Crippen molar-refractivity contribution < 1.29 is 9.53 Å². The highest BCUT2D eigenvalue weighted by Crippen LogP contribution is 2.24. The lowest BCUT2D eigenvalue weighted by atomic mass is 10.3. The molecule has 6 heteroatoms. The van der Waals surface area contributed by atoms with Gasteiger partial charge in [0.2, 0.25) is 0 Å². The van der Waals surface area contributed by atoms with Crippen molar-refractivity contribution in [2.75, 3.05) is 13.7 Å². The first-order valence-electron chi connectivity index (χ1n) is 4.22. The molecule has 0 aliphatic rings. The van der Waals surface area contributed by atoms with Gasteiger partial charge in [0.1, 0.15) is 9.34 Å². The summed E-state index contributed by atoms with van der Waals surface area (Å²) in [6.07, 6.45) is 3.16. The van der Waals surface area contributed by atoms with Crippen LogP contribution in [0.1, 0.15) is 11.0 Å². The second kappa shape index (κ2) is 5.85. The van der Waals surface area contributed by atoms with Crippen LogP contribution in [-0.4, -0.2) is 24.6 Å². The average molecular weight is 247 g/mol. The van der Waals surface area contributed by atoms with Crippen LogP contribution in [0.5, 0.6) is 0 Å². The Morgan fingerprint density at radius 2 is 2.67 bits per heavy atom. The van der Waals surface area contributed by atoms with E-state index in [-0.39, 0.29) is 5.97 Å². The smallest absolute Gasteiger partial charge is 0.330 e. The minimum absolute atomic E-state index is 0.386. The Kier molecular flexibility index (Phi) is 4.74. The average Bonchev–Trinajstić information content (AvgIpc) is 2.65. The van der Waals surface area contributed by atoms with Crippen LogP contribution in [0.25, 0.3) is 0 Å². The molecule has 0 aromatic carbocycles. The van der Waals surface area contributed by atoms with E-state index in [9.17, 15) is 4.79 Å². The van der Waals surface area contributed by atoms with Crippen molar-refractivity contribution >= 4 is 28.9 Å². The Morgan fingerprint density at radius 1 is 1.93 bits per heavy atom. The summed E-state index contributed by atoms with van der Waals surface area (Å²) < 4.78 is 5.20. The van der Waals surface area contributed by atoms with Crippen LogP contribution in [0.15, 0.2) is 18.9 Å². The predicted octanol–water partition coefficient (Wildman–Crippen LogP) is 1.79. The van der Waals surface area contributed by atoms with Gasteiger partial charge >= 0.3 is 5.97 Å². The molecule has 1 unspecified atom stereocenters. The molecule has 4 nitrogen and oxygen atoms in total. The monoisotopic (exact) mass is 246 g/mol. The molecule has 1 aromatic heterocycles. The molecular weight excluding hydrogens is 236 g/mol. The van der Waals surface area contributed by atoms with Crippen LogP contribution in [0, 0.1) is 0 Å². The van der Waals surface area contributed by atoms with Crippen LogP contribution < -0.4 is 5.32 Å². The van der Waals surface area contributed by atoms with Crippen molar-refractivity contribution in [1.82, 2.24) is 10.3 Å². The molecule has 1 heterocycles. The molecule has 0 aliphatic heterocycles. The third kappa shape index (κ3) is 3.30. The highest BCUT2D eigenvalue weighted by atomic mass is 35.5. The molecule has 0 bridgehead atoms. The van der Waals surface area contributed by atoms with Gasteiger partial charge in [-0.1, -0.05) is 17.7 Å². The minimum atomic E-state index is -0.578. The molecule has 1 aromatic rings. The van der Waals surface area contributed by atoms with Crippen molar-refractivity contribution in [3.05, 3.63) is 28.2 Å². The second-order valence-corrected chi connectivity index (χ2v) is 4.35. The Labute approximate surface area is 96.9 Å². The van der Waals surface area contributed by atoms with E-state index in [0.29, 0.717) is 15.9 Å². The predicted molar refractivity (Wildman–Crippen MR) is 60.1 cm³/mol. The van der Waals surface area contributed by atoms with E-state index in [0.717, 1.165) is 0 Å². The van der Waals surface area contributed by atoms with E-state index in [2.05, 4.69) is 21.6 Å². The van der Waals surface area contributed by atoms with Crippen molar-refractivity contribution in [2.45, 2.75) is 6.04 Å². The van der Waals surface area contributed by atoms with Gasteiger partial charge in [0.15, 0.2) is 6.04 Å². The maximum Gasteiger partial charge on any atom is 0.330 e. The number of methoxy groups -OCH3 is 1. The summed E-state index contributed by atoms with van der Waals surface area (Å²) in [6, 6.07) is -0.578. The topological polar surface area (TPSA) is 51.2 Å². The van der Waals surface area contributed by atoms with Crippen molar-refractivity contribution in [3.8, 4) is 0 Å². The number of esters is 1. The molecular formula is C9H11ClN2O2S. The highest BCUT2D eigenvalue weighted by molar-refractivity contribution is 7.16. The first-order valence-corrected chi connectivity index (χ1v) is 5.41. The number of halogens is 1. The SMILES string of the molecule is C=CCNC(C(=O)OC)c1ncc(Cl)s1. The Balaban J connectivity index is 2.80. The van der Waals surface area contributed by atoms with Gasteiger partial charge < -0.3 is 4.74 Å². The van der Waals surface area contributed by atoms with Gasteiger partial charge in [-0.25, -0.2) is 9.78 Å². The number of hydrogen-bond acceptors (Lipinski definition) is 5. The number of carbonyl (C=O) groups is 1.